The first-order valence-electron chi connectivity index (χ1n) is 4.09. The summed E-state index contributed by atoms with van der Waals surface area (Å²) >= 11 is 1.50. The molecule has 0 bridgehead atoms. The van der Waals surface area contributed by atoms with E-state index in [1.807, 2.05) is 13.2 Å². The zero-order chi connectivity index (χ0) is 10.9. The molecule has 2 N–H and O–H groups in total. The third kappa shape index (κ3) is 1.70. The lowest BCUT2D eigenvalue weighted by Gasteiger charge is -2.11. The average Bonchev–Trinajstić information content (AvgIpc) is 2.12. The van der Waals surface area contributed by atoms with Gasteiger partial charge in [0.1, 0.15) is 11.3 Å². The Balaban J connectivity index is 3.47. The molecule has 1 aromatic carbocycles. The fraction of sp³-hybridized carbons (Fsp3) is 0.300. The van der Waals surface area contributed by atoms with Crippen molar-refractivity contribution in [1.82, 2.24) is 0 Å². The Morgan fingerprint density at radius 3 is 2.43 bits per heavy atom. The van der Waals surface area contributed by atoms with Gasteiger partial charge in [0.25, 0.3) is 0 Å². The molecule has 0 saturated heterocycles. The summed E-state index contributed by atoms with van der Waals surface area (Å²) in [5.74, 6) is -1.23. The van der Waals surface area contributed by atoms with E-state index in [0.29, 0.717) is 5.56 Å². The van der Waals surface area contributed by atoms with Gasteiger partial charge in [-0.05, 0) is 31.7 Å². The summed E-state index contributed by atoms with van der Waals surface area (Å²) in [6, 6.07) is 1.50. The molecule has 76 valence electrons. The Morgan fingerprint density at radius 1 is 1.43 bits per heavy atom. The van der Waals surface area contributed by atoms with Crippen LogP contribution in [0.4, 0.5) is 0 Å². The third-order valence-electron chi connectivity index (χ3n) is 2.10. The molecule has 0 heterocycles. The van der Waals surface area contributed by atoms with Crippen LogP contribution in [0.2, 0.25) is 0 Å². The first-order valence-corrected chi connectivity index (χ1v) is 5.32. The molecule has 14 heavy (non-hydrogen) atoms. The lowest BCUT2D eigenvalue weighted by atomic mass is 10.1. The Kier molecular flexibility index (Phi) is 3.06. The van der Waals surface area contributed by atoms with Crippen LogP contribution >= 0.6 is 11.8 Å². The summed E-state index contributed by atoms with van der Waals surface area (Å²) < 4.78 is 0. The van der Waals surface area contributed by atoms with E-state index in [-0.39, 0.29) is 11.3 Å². The van der Waals surface area contributed by atoms with E-state index in [9.17, 15) is 9.90 Å². The molecule has 0 amide bonds. The number of carboxylic acid groups (broad SMARTS) is 1. The van der Waals surface area contributed by atoms with Gasteiger partial charge >= 0.3 is 5.97 Å². The molecule has 0 fully saturated rings. The second-order valence-corrected chi connectivity index (χ2v) is 3.87. The number of carboxylic acids is 1. The highest BCUT2D eigenvalue weighted by atomic mass is 32.2. The summed E-state index contributed by atoms with van der Waals surface area (Å²) in [7, 11) is 0. The molecule has 0 aliphatic carbocycles. The molecular formula is C10H12O3S. The maximum Gasteiger partial charge on any atom is 0.339 e. The van der Waals surface area contributed by atoms with Crippen molar-refractivity contribution in [1.29, 1.82) is 0 Å². The van der Waals surface area contributed by atoms with E-state index in [2.05, 4.69) is 0 Å². The van der Waals surface area contributed by atoms with Gasteiger partial charge in [0.2, 0.25) is 0 Å². The molecule has 1 aromatic rings. The molecule has 1 rings (SSSR count). The van der Waals surface area contributed by atoms with E-state index < -0.39 is 5.97 Å². The summed E-state index contributed by atoms with van der Waals surface area (Å²) in [6.45, 7) is 3.56. The fourth-order valence-electron chi connectivity index (χ4n) is 1.43. The van der Waals surface area contributed by atoms with Crippen molar-refractivity contribution in [2.24, 2.45) is 0 Å². The lowest BCUT2D eigenvalue weighted by Crippen LogP contribution is -2.00. The van der Waals surface area contributed by atoms with Gasteiger partial charge in [-0.1, -0.05) is 0 Å². The lowest BCUT2D eigenvalue weighted by molar-refractivity contribution is 0.0693. The largest absolute Gasteiger partial charge is 0.507 e. The van der Waals surface area contributed by atoms with Gasteiger partial charge < -0.3 is 10.2 Å². The molecular weight excluding hydrogens is 200 g/mol. The molecule has 4 heteroatoms. The van der Waals surface area contributed by atoms with E-state index >= 15 is 0 Å². The van der Waals surface area contributed by atoms with Gasteiger partial charge in [0.15, 0.2) is 0 Å². The van der Waals surface area contributed by atoms with E-state index in [4.69, 9.17) is 5.11 Å². The first kappa shape index (κ1) is 10.9. The first-order chi connectivity index (χ1) is 6.49. The second kappa shape index (κ2) is 3.92. The number of benzene rings is 1. The average molecular weight is 212 g/mol. The Morgan fingerprint density at radius 2 is 2.00 bits per heavy atom. The number of thioether (sulfide) groups is 1. The number of rotatable bonds is 2. The molecule has 0 spiro atoms. The monoisotopic (exact) mass is 212 g/mol. The molecule has 0 aliphatic heterocycles. The van der Waals surface area contributed by atoms with Crippen molar-refractivity contribution in [2.75, 3.05) is 6.26 Å². The molecule has 0 unspecified atom stereocenters. The van der Waals surface area contributed by atoms with Gasteiger partial charge in [0, 0.05) is 10.5 Å². The summed E-state index contributed by atoms with van der Waals surface area (Å²) in [5, 5.41) is 18.4. The standard InChI is InChI=1S/C10H12O3S/c1-5-4-7(10(12)13)8(11)6(2)9(5)14-3/h4,11H,1-3H3,(H,12,13). The van der Waals surface area contributed by atoms with Crippen LogP contribution in [0.1, 0.15) is 21.5 Å². The Labute approximate surface area is 86.8 Å². The molecule has 0 atom stereocenters. The van der Waals surface area contributed by atoms with Gasteiger partial charge in [-0.2, -0.15) is 0 Å². The van der Waals surface area contributed by atoms with Crippen LogP contribution < -0.4 is 0 Å². The number of aromatic hydroxyl groups is 1. The van der Waals surface area contributed by atoms with Crippen LogP contribution in [0.15, 0.2) is 11.0 Å². The van der Waals surface area contributed by atoms with Crippen molar-refractivity contribution >= 4 is 17.7 Å². The van der Waals surface area contributed by atoms with E-state index in [1.165, 1.54) is 17.8 Å². The summed E-state index contributed by atoms with van der Waals surface area (Å²) in [4.78, 5) is 11.7. The van der Waals surface area contributed by atoms with Crippen LogP contribution in [0.3, 0.4) is 0 Å². The molecule has 3 nitrogen and oxygen atoms in total. The van der Waals surface area contributed by atoms with Crippen molar-refractivity contribution in [3.8, 4) is 5.75 Å². The number of carbonyl (C=O) groups is 1. The number of hydrogen-bond acceptors (Lipinski definition) is 3. The smallest absolute Gasteiger partial charge is 0.339 e. The number of hydrogen-bond donors (Lipinski definition) is 2. The SMILES string of the molecule is CSc1c(C)cc(C(=O)O)c(O)c1C. The van der Waals surface area contributed by atoms with Crippen LogP contribution in [0.25, 0.3) is 0 Å². The highest BCUT2D eigenvalue weighted by Gasteiger charge is 2.16. The topological polar surface area (TPSA) is 57.5 Å². The zero-order valence-corrected chi connectivity index (χ0v) is 9.10. The predicted octanol–water partition coefficient (Wildman–Crippen LogP) is 2.43. The molecule has 0 aromatic heterocycles. The van der Waals surface area contributed by atoms with Gasteiger partial charge in [-0.15, -0.1) is 11.8 Å². The summed E-state index contributed by atoms with van der Waals surface area (Å²) in [5.41, 5.74) is 1.48. The van der Waals surface area contributed by atoms with Crippen LogP contribution in [0, 0.1) is 13.8 Å². The highest BCUT2D eigenvalue weighted by Crippen LogP contribution is 2.33. The maximum absolute atomic E-state index is 10.8. The normalized spacial score (nSPS) is 10.2. The minimum atomic E-state index is -1.10. The summed E-state index contributed by atoms with van der Waals surface area (Å²) in [6.07, 6.45) is 1.90. The van der Waals surface area contributed by atoms with Gasteiger partial charge in [0.05, 0.1) is 0 Å². The van der Waals surface area contributed by atoms with Crippen molar-refractivity contribution in [3.05, 3.63) is 22.8 Å². The quantitative estimate of drug-likeness (QED) is 0.739. The van der Waals surface area contributed by atoms with Gasteiger partial charge in [-0.3, -0.25) is 0 Å². The van der Waals surface area contributed by atoms with E-state index in [1.54, 1.807) is 6.92 Å². The van der Waals surface area contributed by atoms with Gasteiger partial charge in [-0.25, -0.2) is 4.79 Å². The molecule has 0 aliphatic rings. The zero-order valence-electron chi connectivity index (χ0n) is 8.29. The number of aryl methyl sites for hydroxylation is 1. The van der Waals surface area contributed by atoms with Crippen molar-refractivity contribution < 1.29 is 15.0 Å². The van der Waals surface area contributed by atoms with Crippen LogP contribution in [0.5, 0.6) is 5.75 Å². The van der Waals surface area contributed by atoms with Crippen molar-refractivity contribution in [3.63, 3.8) is 0 Å². The second-order valence-electron chi connectivity index (χ2n) is 3.05. The fourth-order valence-corrected chi connectivity index (χ4v) is 2.22. The molecule has 0 radical (unpaired) electrons. The van der Waals surface area contributed by atoms with Crippen LogP contribution in [-0.2, 0) is 0 Å². The van der Waals surface area contributed by atoms with E-state index in [0.717, 1.165) is 10.5 Å². The Hall–Kier alpha value is -1.16. The maximum atomic E-state index is 10.8. The Bertz CT molecular complexity index is 385. The number of phenols is 1. The minimum absolute atomic E-state index is 0.0298. The van der Waals surface area contributed by atoms with Crippen LogP contribution in [-0.4, -0.2) is 22.4 Å². The highest BCUT2D eigenvalue weighted by molar-refractivity contribution is 7.98. The van der Waals surface area contributed by atoms with Crippen molar-refractivity contribution in [2.45, 2.75) is 18.7 Å². The number of aromatic carboxylic acids is 1. The predicted molar refractivity (Wildman–Crippen MR) is 56.3 cm³/mol. The molecule has 0 saturated carbocycles. The third-order valence-corrected chi connectivity index (χ3v) is 3.14. The minimum Gasteiger partial charge on any atom is -0.507 e.